The lowest BCUT2D eigenvalue weighted by molar-refractivity contribution is -0.124. The van der Waals surface area contributed by atoms with Gasteiger partial charge in [-0.15, -0.1) is 51.8 Å². The summed E-state index contributed by atoms with van der Waals surface area (Å²) in [6, 6.07) is 18.6. The molecule has 4 aromatic rings. The topological polar surface area (TPSA) is 64.4 Å². The smallest absolute Gasteiger partial charge is 0.261 e. The fraction of sp³-hybridized carbons (Fsp3) is 0.490. The number of rotatable bonds is 24. The Balaban J connectivity index is 1.48. The van der Waals surface area contributed by atoms with Gasteiger partial charge in [-0.2, -0.15) is 5.26 Å². The highest BCUT2D eigenvalue weighted by Gasteiger charge is 2.50. The van der Waals surface area contributed by atoms with Crippen LogP contribution in [0.1, 0.15) is 150 Å². The first-order chi connectivity index (χ1) is 28.3. The first-order valence-electron chi connectivity index (χ1n) is 21.8. The van der Waals surface area contributed by atoms with E-state index in [1.807, 2.05) is 28.0 Å². The number of terminal acetylenes is 1. The molecule has 0 saturated heterocycles. The van der Waals surface area contributed by atoms with E-state index in [4.69, 9.17) is 6.42 Å². The first kappa shape index (κ1) is 43.8. The molecule has 0 bridgehead atoms. The van der Waals surface area contributed by atoms with E-state index in [-0.39, 0.29) is 11.8 Å². The molecule has 0 saturated carbocycles. The number of hydrogen-bond acceptors (Lipinski definition) is 7. The molecule has 306 valence electrons. The molecule has 4 aromatic heterocycles. The molecule has 5 nitrogen and oxygen atoms in total. The van der Waals surface area contributed by atoms with Crippen LogP contribution >= 0.6 is 45.3 Å². The predicted octanol–water partition coefficient (Wildman–Crippen LogP) is 14.5. The Morgan fingerprint density at radius 1 is 0.517 bits per heavy atom. The Bertz CT molecular complexity index is 2010. The molecule has 2 unspecified atom stereocenters. The Hall–Kier alpha value is -3.73. The molecule has 6 rings (SSSR count). The van der Waals surface area contributed by atoms with Crippen LogP contribution in [0.2, 0.25) is 0 Å². The number of thiophene rings is 4. The van der Waals surface area contributed by atoms with E-state index in [1.54, 1.807) is 34.0 Å². The van der Waals surface area contributed by atoms with Gasteiger partial charge < -0.3 is 9.80 Å². The van der Waals surface area contributed by atoms with Gasteiger partial charge in [0, 0.05) is 32.6 Å². The van der Waals surface area contributed by atoms with E-state index in [0.29, 0.717) is 40.9 Å². The molecule has 0 radical (unpaired) electrons. The largest absolute Gasteiger partial charge is 0.306 e. The van der Waals surface area contributed by atoms with Gasteiger partial charge in [-0.3, -0.25) is 9.59 Å². The van der Waals surface area contributed by atoms with Gasteiger partial charge in [0.1, 0.15) is 10.9 Å². The predicted molar refractivity (Wildman–Crippen MR) is 249 cm³/mol. The molecule has 9 heteroatoms. The lowest BCUT2D eigenvalue weighted by Crippen LogP contribution is -2.34. The van der Waals surface area contributed by atoms with Crippen LogP contribution in [0.4, 0.5) is 0 Å². The van der Waals surface area contributed by atoms with Crippen molar-refractivity contribution in [1.29, 1.82) is 5.26 Å². The number of hydrogen-bond donors (Lipinski definition) is 0. The van der Waals surface area contributed by atoms with Gasteiger partial charge in [0.05, 0.1) is 37.2 Å². The molecule has 0 fully saturated rings. The second-order valence-corrected chi connectivity index (χ2v) is 20.2. The van der Waals surface area contributed by atoms with E-state index < -0.39 is 0 Å². The summed E-state index contributed by atoms with van der Waals surface area (Å²) in [5.74, 6) is 3.38. The third kappa shape index (κ3) is 10.2. The zero-order chi connectivity index (χ0) is 41.0. The van der Waals surface area contributed by atoms with E-state index in [2.05, 4.69) is 70.0 Å². The summed E-state index contributed by atoms with van der Waals surface area (Å²) in [6.07, 6.45) is 24.1. The molecule has 6 heterocycles. The number of nitriles is 1. The average Bonchev–Trinajstić information content (AvgIpc) is 4.10. The van der Waals surface area contributed by atoms with Crippen LogP contribution in [0.15, 0.2) is 59.7 Å². The van der Waals surface area contributed by atoms with E-state index in [1.165, 1.54) is 49.9 Å². The first-order valence-corrected chi connectivity index (χ1v) is 25.0. The van der Waals surface area contributed by atoms with E-state index in [9.17, 15) is 5.26 Å². The highest BCUT2D eigenvalue weighted by atomic mass is 32.1. The van der Waals surface area contributed by atoms with E-state index in [0.717, 1.165) is 110 Å². The number of nitrogens with zero attached hydrogens (tertiary/aromatic N) is 3. The summed E-state index contributed by atoms with van der Waals surface area (Å²) in [6.45, 7) is 10.2. The van der Waals surface area contributed by atoms with Gasteiger partial charge in [0.2, 0.25) is 0 Å². The Labute approximate surface area is 363 Å². The van der Waals surface area contributed by atoms with Crippen LogP contribution in [-0.4, -0.2) is 34.7 Å². The van der Waals surface area contributed by atoms with Crippen LogP contribution in [0.3, 0.4) is 0 Å². The van der Waals surface area contributed by atoms with Crippen molar-refractivity contribution in [3.05, 3.63) is 79.2 Å². The van der Waals surface area contributed by atoms with Gasteiger partial charge in [0.15, 0.2) is 0 Å². The van der Waals surface area contributed by atoms with Crippen molar-refractivity contribution in [2.45, 2.75) is 130 Å². The Morgan fingerprint density at radius 3 is 1.29 bits per heavy atom. The number of unbranched alkanes of at least 4 members (excludes halogenated alkanes) is 8. The Kier molecular flexibility index (Phi) is 16.3. The van der Waals surface area contributed by atoms with Gasteiger partial charge in [-0.1, -0.05) is 111 Å². The molecule has 0 N–H and O–H groups in total. The lowest BCUT2D eigenvalue weighted by atomic mass is 9.94. The maximum atomic E-state index is 15.4. The normalized spacial score (nSPS) is 15.1. The highest BCUT2D eigenvalue weighted by Crippen LogP contribution is 2.51. The molecular weight excluding hydrogens is 791 g/mol. The molecule has 58 heavy (non-hydrogen) atoms. The van der Waals surface area contributed by atoms with Crippen molar-refractivity contribution in [3.63, 3.8) is 0 Å². The fourth-order valence-electron chi connectivity index (χ4n) is 8.41. The third-order valence-corrected chi connectivity index (χ3v) is 16.1. The van der Waals surface area contributed by atoms with Crippen LogP contribution in [-0.2, 0) is 9.59 Å². The quantitative estimate of drug-likeness (QED) is 0.0521. The number of carbonyl (C=O) groups is 2. The molecule has 2 atom stereocenters. The van der Waals surface area contributed by atoms with Crippen LogP contribution in [0.5, 0.6) is 0 Å². The zero-order valence-electron chi connectivity index (χ0n) is 34.9. The maximum absolute atomic E-state index is 15.4. The maximum Gasteiger partial charge on any atom is 0.261 e. The van der Waals surface area contributed by atoms with Crippen molar-refractivity contribution >= 4 is 68.6 Å². The monoisotopic (exact) mass is 849 g/mol. The van der Waals surface area contributed by atoms with Gasteiger partial charge in [0.25, 0.3) is 11.8 Å². The summed E-state index contributed by atoms with van der Waals surface area (Å²) in [5.41, 5.74) is 2.70. The van der Waals surface area contributed by atoms with Crippen molar-refractivity contribution in [1.82, 2.24) is 9.80 Å². The SMILES string of the molecule is C#Cc1ccc(-c2ccc(C3=C4C(=O)N(CC(CCCC)CCCCCC)C(c5ccc(-c6ccc(C#N)s6)s5)=C4C(=O)N3CC(CCCC)CCCCCC)s2)s1. The zero-order valence-corrected chi connectivity index (χ0v) is 38.1. The Morgan fingerprint density at radius 2 is 0.897 bits per heavy atom. The van der Waals surface area contributed by atoms with Gasteiger partial charge in [-0.25, -0.2) is 0 Å². The number of fused-ring (bicyclic) bond motifs is 1. The van der Waals surface area contributed by atoms with Crippen LogP contribution < -0.4 is 0 Å². The molecule has 2 amide bonds. The minimum absolute atomic E-state index is 0.0440. The van der Waals surface area contributed by atoms with E-state index >= 15 is 9.59 Å². The summed E-state index contributed by atoms with van der Waals surface area (Å²) < 4.78 is 0. The summed E-state index contributed by atoms with van der Waals surface area (Å²) in [5, 5.41) is 9.57. The second kappa shape index (κ2) is 21.5. The molecular formula is C49H59N3O2S4. The second-order valence-electron chi connectivity index (χ2n) is 15.9. The standard InChI is InChI=1S/C49H59N3O2S4/c1-6-11-15-17-21-34(19-13-8-3)32-51-46(42-29-27-40(57-42)38-25-23-36(10-5)55-38)44-45(49(51)54)47(43-30-28-41(58-43)39-26-24-37(31-50)56-39)52(48(44)53)33-35(20-14-9-4)22-18-16-12-7-2/h5,23-30,34-35H,6-9,11-22,32-33H2,1-4H3. The summed E-state index contributed by atoms with van der Waals surface area (Å²) in [7, 11) is 0. The van der Waals surface area contributed by atoms with Crippen LogP contribution in [0, 0.1) is 35.5 Å². The average molecular weight is 850 g/mol. The highest BCUT2D eigenvalue weighted by molar-refractivity contribution is 7.23. The van der Waals surface area contributed by atoms with Crippen molar-refractivity contribution < 1.29 is 9.59 Å². The number of carbonyl (C=O) groups excluding carboxylic acids is 2. The molecule has 0 spiro atoms. The number of amides is 2. The molecule has 0 aromatic carbocycles. The van der Waals surface area contributed by atoms with Crippen LogP contribution in [0.25, 0.3) is 30.9 Å². The minimum Gasteiger partial charge on any atom is -0.306 e. The lowest BCUT2D eigenvalue weighted by Gasteiger charge is -2.29. The fourth-order valence-corrected chi connectivity index (χ4v) is 12.3. The van der Waals surface area contributed by atoms with Crippen molar-refractivity contribution in [2.24, 2.45) is 11.8 Å². The molecule has 2 aliphatic heterocycles. The van der Waals surface area contributed by atoms with Gasteiger partial charge >= 0.3 is 0 Å². The molecule has 2 aliphatic rings. The molecule has 0 aliphatic carbocycles. The van der Waals surface area contributed by atoms with Crippen molar-refractivity contribution in [2.75, 3.05) is 13.1 Å². The summed E-state index contributed by atoms with van der Waals surface area (Å²) >= 11 is 6.35. The summed E-state index contributed by atoms with van der Waals surface area (Å²) in [4.78, 5) is 42.4. The third-order valence-electron chi connectivity index (χ3n) is 11.6. The van der Waals surface area contributed by atoms with Crippen molar-refractivity contribution in [3.8, 4) is 37.9 Å². The minimum atomic E-state index is -0.0440. The van der Waals surface area contributed by atoms with Gasteiger partial charge in [-0.05, 0) is 86.1 Å².